The summed E-state index contributed by atoms with van der Waals surface area (Å²) in [5.41, 5.74) is 0.797. The third kappa shape index (κ3) is 4.08. The second-order valence-corrected chi connectivity index (χ2v) is 6.58. The van der Waals surface area contributed by atoms with Gasteiger partial charge in [0.1, 0.15) is 11.4 Å². The monoisotopic (exact) mass is 382 g/mol. The fourth-order valence-electron chi connectivity index (χ4n) is 3.23. The molecular weight excluding hydrogens is 361 g/mol. The molecule has 0 fully saturated rings. The minimum absolute atomic E-state index is 0.0690. The van der Waals surface area contributed by atoms with Gasteiger partial charge in [-0.1, -0.05) is 30.3 Å². The van der Waals surface area contributed by atoms with Crippen LogP contribution < -0.4 is 10.6 Å². The molecule has 9 heteroatoms. The fraction of sp³-hybridized carbons (Fsp3) is 0.444. The first-order chi connectivity index (χ1) is 12.8. The van der Waals surface area contributed by atoms with E-state index in [0.717, 1.165) is 10.2 Å². The molecule has 0 bridgehead atoms. The maximum atomic E-state index is 13.6. The number of anilines is 1. The van der Waals surface area contributed by atoms with Crippen molar-refractivity contribution in [3.8, 4) is 0 Å². The highest BCUT2D eigenvalue weighted by atomic mass is 19.4. The molecule has 1 aromatic carbocycles. The number of halogens is 3. The van der Waals surface area contributed by atoms with Gasteiger partial charge < -0.3 is 15.4 Å². The van der Waals surface area contributed by atoms with Gasteiger partial charge in [0.25, 0.3) is 5.91 Å². The van der Waals surface area contributed by atoms with Gasteiger partial charge in [-0.05, 0) is 12.5 Å². The molecule has 1 amide bonds. The highest BCUT2D eigenvalue weighted by Crippen LogP contribution is 2.44. The number of ether oxygens (including phenoxy) is 1. The van der Waals surface area contributed by atoms with Gasteiger partial charge in [0, 0.05) is 19.6 Å². The lowest BCUT2D eigenvalue weighted by molar-refractivity contribution is -0.173. The zero-order valence-corrected chi connectivity index (χ0v) is 15.0. The number of carbonyl (C=O) groups is 1. The van der Waals surface area contributed by atoms with Gasteiger partial charge in [-0.3, -0.25) is 4.79 Å². The summed E-state index contributed by atoms with van der Waals surface area (Å²) in [6.07, 6.45) is -3.51. The number of methoxy groups -OCH3 is 1. The SMILES string of the molecule is COC[C@@H](C)NC(=O)c1cnn2c1N[C@@H](c1ccccc1)C[C@H]2C(F)(F)F. The van der Waals surface area contributed by atoms with Crippen LogP contribution in [0.4, 0.5) is 19.0 Å². The number of carbonyl (C=O) groups excluding carboxylic acids is 1. The molecule has 3 rings (SSSR count). The van der Waals surface area contributed by atoms with E-state index in [1.54, 1.807) is 37.3 Å². The molecule has 0 unspecified atom stereocenters. The topological polar surface area (TPSA) is 68.2 Å². The van der Waals surface area contributed by atoms with E-state index in [4.69, 9.17) is 4.74 Å². The van der Waals surface area contributed by atoms with Crippen LogP contribution in [-0.2, 0) is 4.74 Å². The third-order valence-corrected chi connectivity index (χ3v) is 4.48. The molecule has 0 saturated carbocycles. The molecule has 0 saturated heterocycles. The number of nitrogens with one attached hydrogen (secondary N) is 2. The van der Waals surface area contributed by atoms with Gasteiger partial charge in [0.05, 0.1) is 18.8 Å². The van der Waals surface area contributed by atoms with Crippen molar-refractivity contribution < 1.29 is 22.7 Å². The van der Waals surface area contributed by atoms with E-state index in [-0.39, 0.29) is 23.8 Å². The van der Waals surface area contributed by atoms with Crippen LogP contribution >= 0.6 is 0 Å². The van der Waals surface area contributed by atoms with E-state index >= 15 is 0 Å². The van der Waals surface area contributed by atoms with E-state index < -0.39 is 24.2 Å². The van der Waals surface area contributed by atoms with E-state index in [2.05, 4.69) is 15.7 Å². The summed E-state index contributed by atoms with van der Waals surface area (Å²) in [6.45, 7) is 2.04. The average Bonchev–Trinajstić information content (AvgIpc) is 3.05. The Kier molecular flexibility index (Phi) is 5.41. The molecule has 0 radical (unpaired) electrons. The van der Waals surface area contributed by atoms with Crippen molar-refractivity contribution >= 4 is 11.7 Å². The fourth-order valence-corrected chi connectivity index (χ4v) is 3.23. The number of aromatic nitrogens is 2. The van der Waals surface area contributed by atoms with Crippen molar-refractivity contribution in [3.63, 3.8) is 0 Å². The molecule has 2 N–H and O–H groups in total. The van der Waals surface area contributed by atoms with Crippen molar-refractivity contribution in [2.24, 2.45) is 0 Å². The van der Waals surface area contributed by atoms with Gasteiger partial charge in [-0.25, -0.2) is 4.68 Å². The van der Waals surface area contributed by atoms with Crippen molar-refractivity contribution in [2.75, 3.05) is 19.0 Å². The number of amides is 1. The molecule has 0 spiro atoms. The van der Waals surface area contributed by atoms with Crippen LogP contribution in [0.15, 0.2) is 36.5 Å². The Labute approximate surface area is 154 Å². The highest BCUT2D eigenvalue weighted by Gasteiger charge is 2.47. The summed E-state index contributed by atoms with van der Waals surface area (Å²) in [5, 5.41) is 9.61. The number of fused-ring (bicyclic) bond motifs is 1. The van der Waals surface area contributed by atoms with Crippen LogP contribution in [0, 0.1) is 0 Å². The summed E-state index contributed by atoms with van der Waals surface area (Å²) in [6, 6.07) is 6.19. The van der Waals surface area contributed by atoms with Gasteiger partial charge in [0.2, 0.25) is 0 Å². The smallest absolute Gasteiger partial charge is 0.383 e. The summed E-state index contributed by atoms with van der Waals surface area (Å²) in [7, 11) is 1.50. The van der Waals surface area contributed by atoms with Crippen molar-refractivity contribution in [1.29, 1.82) is 0 Å². The van der Waals surface area contributed by atoms with E-state index in [0.29, 0.717) is 6.61 Å². The van der Waals surface area contributed by atoms with Gasteiger partial charge in [-0.2, -0.15) is 18.3 Å². The molecule has 27 heavy (non-hydrogen) atoms. The Balaban J connectivity index is 1.94. The summed E-state index contributed by atoms with van der Waals surface area (Å²) < 4.78 is 46.7. The third-order valence-electron chi connectivity index (χ3n) is 4.48. The van der Waals surface area contributed by atoms with Crippen LogP contribution in [0.5, 0.6) is 0 Å². The first kappa shape index (κ1) is 19.2. The van der Waals surface area contributed by atoms with Crippen molar-refractivity contribution in [2.45, 2.75) is 37.6 Å². The van der Waals surface area contributed by atoms with Gasteiger partial charge in [0.15, 0.2) is 6.04 Å². The zero-order valence-electron chi connectivity index (χ0n) is 15.0. The Hall–Kier alpha value is -2.55. The first-order valence-electron chi connectivity index (χ1n) is 8.56. The maximum Gasteiger partial charge on any atom is 0.410 e. The molecule has 2 heterocycles. The lowest BCUT2D eigenvalue weighted by Gasteiger charge is -2.34. The maximum absolute atomic E-state index is 13.6. The molecule has 6 nitrogen and oxygen atoms in total. The molecular formula is C18H21F3N4O2. The van der Waals surface area contributed by atoms with Gasteiger partial charge >= 0.3 is 6.18 Å². The second-order valence-electron chi connectivity index (χ2n) is 6.58. The quantitative estimate of drug-likeness (QED) is 0.833. The summed E-state index contributed by atoms with van der Waals surface area (Å²) in [4.78, 5) is 12.5. The van der Waals surface area contributed by atoms with Crippen LogP contribution in [0.1, 0.15) is 41.3 Å². The standard InChI is InChI=1S/C18H21F3N4O2/c1-11(10-27-2)23-17(26)13-9-22-25-15(18(19,20)21)8-14(24-16(13)25)12-6-4-3-5-7-12/h3-7,9,11,14-15,24H,8,10H2,1-2H3,(H,23,26)/t11-,14-,15+/m1/s1. The molecule has 0 aliphatic carbocycles. The van der Waals surface area contributed by atoms with Crippen LogP contribution in [0.3, 0.4) is 0 Å². The number of benzene rings is 1. The minimum Gasteiger partial charge on any atom is -0.383 e. The number of hydrogen-bond donors (Lipinski definition) is 2. The van der Waals surface area contributed by atoms with Crippen LogP contribution in [0.2, 0.25) is 0 Å². The van der Waals surface area contributed by atoms with Crippen LogP contribution in [0.25, 0.3) is 0 Å². The molecule has 2 aromatic rings. The van der Waals surface area contributed by atoms with Gasteiger partial charge in [-0.15, -0.1) is 0 Å². The predicted molar refractivity (Wildman–Crippen MR) is 93.5 cm³/mol. The Morgan fingerprint density at radius 3 is 2.74 bits per heavy atom. The highest BCUT2D eigenvalue weighted by molar-refractivity contribution is 5.99. The largest absolute Gasteiger partial charge is 0.410 e. The van der Waals surface area contributed by atoms with E-state index in [1.807, 2.05) is 0 Å². The number of hydrogen-bond acceptors (Lipinski definition) is 4. The molecule has 3 atom stereocenters. The molecule has 1 aliphatic rings. The first-order valence-corrected chi connectivity index (χ1v) is 8.56. The molecule has 1 aromatic heterocycles. The van der Waals surface area contributed by atoms with Crippen molar-refractivity contribution in [1.82, 2.24) is 15.1 Å². The second kappa shape index (κ2) is 7.59. The lowest BCUT2D eigenvalue weighted by Crippen LogP contribution is -2.38. The Bertz CT molecular complexity index is 792. The Morgan fingerprint density at radius 2 is 2.11 bits per heavy atom. The number of alkyl halides is 3. The minimum atomic E-state index is -4.48. The van der Waals surface area contributed by atoms with E-state index in [9.17, 15) is 18.0 Å². The van der Waals surface area contributed by atoms with E-state index in [1.165, 1.54) is 13.3 Å². The zero-order chi connectivity index (χ0) is 19.6. The normalized spacial score (nSPS) is 20.5. The number of rotatable bonds is 5. The lowest BCUT2D eigenvalue weighted by atomic mass is 9.96. The molecule has 146 valence electrons. The van der Waals surface area contributed by atoms with Crippen LogP contribution in [-0.4, -0.2) is 41.6 Å². The predicted octanol–water partition coefficient (Wildman–Crippen LogP) is 3.31. The van der Waals surface area contributed by atoms with Crippen molar-refractivity contribution in [3.05, 3.63) is 47.7 Å². The number of nitrogens with zero attached hydrogens (tertiary/aromatic N) is 2. The summed E-state index contributed by atoms with van der Waals surface area (Å²) >= 11 is 0. The Morgan fingerprint density at radius 1 is 1.41 bits per heavy atom. The summed E-state index contributed by atoms with van der Waals surface area (Å²) in [5.74, 6) is -0.428. The molecule has 1 aliphatic heterocycles. The average molecular weight is 382 g/mol.